The maximum atomic E-state index is 5.41. The average molecular weight is 230 g/mol. The second-order valence-corrected chi connectivity index (χ2v) is 3.53. The van der Waals surface area contributed by atoms with Crippen molar-refractivity contribution in [2.24, 2.45) is 5.84 Å². The summed E-state index contributed by atoms with van der Waals surface area (Å²) in [5, 5.41) is 0. The van der Waals surface area contributed by atoms with Gasteiger partial charge in [-0.2, -0.15) is 0 Å². The van der Waals surface area contributed by atoms with E-state index in [1.54, 1.807) is 19.5 Å². The zero-order valence-electron chi connectivity index (χ0n) is 9.55. The summed E-state index contributed by atoms with van der Waals surface area (Å²) in [6.07, 6.45) is 3.23. The molecule has 0 atom stereocenters. The number of nitrogen functional groups attached to an aromatic ring is 1. The standard InChI is InChI=1S/C12H14N4O/c1-17-8-9-3-2-4-10(7-9)11-12(16-13)15-6-5-14-11/h2-7H,8,13H2,1H3,(H,15,16). The summed E-state index contributed by atoms with van der Waals surface area (Å²) >= 11 is 0. The first-order valence-electron chi connectivity index (χ1n) is 5.21. The quantitative estimate of drug-likeness (QED) is 0.616. The van der Waals surface area contributed by atoms with E-state index in [0.29, 0.717) is 12.4 Å². The molecule has 0 aliphatic rings. The second-order valence-electron chi connectivity index (χ2n) is 3.53. The lowest BCUT2D eigenvalue weighted by Crippen LogP contribution is -2.10. The first kappa shape index (κ1) is 11.5. The topological polar surface area (TPSA) is 73.1 Å². The molecule has 88 valence electrons. The number of hydrazine groups is 1. The lowest BCUT2D eigenvalue weighted by atomic mass is 10.1. The molecule has 3 N–H and O–H groups in total. The Hall–Kier alpha value is -1.98. The smallest absolute Gasteiger partial charge is 0.166 e. The Labute approximate surface area is 99.6 Å². The van der Waals surface area contributed by atoms with E-state index >= 15 is 0 Å². The van der Waals surface area contributed by atoms with E-state index < -0.39 is 0 Å². The first-order valence-corrected chi connectivity index (χ1v) is 5.21. The monoisotopic (exact) mass is 230 g/mol. The zero-order valence-corrected chi connectivity index (χ0v) is 9.55. The predicted octanol–water partition coefficient (Wildman–Crippen LogP) is 1.58. The van der Waals surface area contributed by atoms with Crippen molar-refractivity contribution in [3.63, 3.8) is 0 Å². The fourth-order valence-corrected chi connectivity index (χ4v) is 1.63. The van der Waals surface area contributed by atoms with E-state index in [1.807, 2.05) is 24.3 Å². The van der Waals surface area contributed by atoms with Gasteiger partial charge in [-0.3, -0.25) is 4.98 Å². The van der Waals surface area contributed by atoms with Gasteiger partial charge in [0.2, 0.25) is 0 Å². The Balaban J connectivity index is 2.41. The van der Waals surface area contributed by atoms with E-state index in [4.69, 9.17) is 10.6 Å². The highest BCUT2D eigenvalue weighted by atomic mass is 16.5. The number of rotatable bonds is 4. The molecular formula is C12H14N4O. The minimum Gasteiger partial charge on any atom is -0.380 e. The summed E-state index contributed by atoms with van der Waals surface area (Å²) in [7, 11) is 1.67. The van der Waals surface area contributed by atoms with Crippen LogP contribution >= 0.6 is 0 Å². The molecule has 0 saturated heterocycles. The van der Waals surface area contributed by atoms with Crippen molar-refractivity contribution >= 4 is 5.82 Å². The summed E-state index contributed by atoms with van der Waals surface area (Å²) in [5.41, 5.74) is 5.31. The Morgan fingerprint density at radius 1 is 1.29 bits per heavy atom. The largest absolute Gasteiger partial charge is 0.380 e. The van der Waals surface area contributed by atoms with Gasteiger partial charge in [0, 0.05) is 25.1 Å². The molecule has 17 heavy (non-hydrogen) atoms. The number of hydrogen-bond acceptors (Lipinski definition) is 5. The number of nitrogens with two attached hydrogens (primary N) is 1. The van der Waals surface area contributed by atoms with Gasteiger partial charge in [0.25, 0.3) is 0 Å². The van der Waals surface area contributed by atoms with Crippen LogP contribution in [0.15, 0.2) is 36.7 Å². The molecule has 0 bridgehead atoms. The SMILES string of the molecule is COCc1cccc(-c2nccnc2NN)c1. The van der Waals surface area contributed by atoms with Crippen molar-refractivity contribution in [1.82, 2.24) is 9.97 Å². The molecule has 0 aliphatic heterocycles. The van der Waals surface area contributed by atoms with Crippen LogP contribution in [0.5, 0.6) is 0 Å². The number of hydrogen-bond donors (Lipinski definition) is 2. The van der Waals surface area contributed by atoms with Crippen LogP contribution in [0, 0.1) is 0 Å². The highest BCUT2D eigenvalue weighted by molar-refractivity contribution is 5.71. The zero-order chi connectivity index (χ0) is 12.1. The van der Waals surface area contributed by atoms with Crippen LogP contribution in [0.4, 0.5) is 5.82 Å². The molecule has 0 radical (unpaired) electrons. The molecule has 0 spiro atoms. The van der Waals surface area contributed by atoms with Crippen molar-refractivity contribution in [3.05, 3.63) is 42.2 Å². The van der Waals surface area contributed by atoms with E-state index in [9.17, 15) is 0 Å². The number of ether oxygens (including phenoxy) is 1. The van der Waals surface area contributed by atoms with Crippen LogP contribution < -0.4 is 11.3 Å². The Morgan fingerprint density at radius 2 is 2.12 bits per heavy atom. The number of methoxy groups -OCH3 is 1. The van der Waals surface area contributed by atoms with Crippen LogP contribution in [0.3, 0.4) is 0 Å². The fourth-order valence-electron chi connectivity index (χ4n) is 1.63. The van der Waals surface area contributed by atoms with Crippen molar-refractivity contribution in [1.29, 1.82) is 0 Å². The van der Waals surface area contributed by atoms with Gasteiger partial charge in [-0.25, -0.2) is 10.8 Å². The maximum Gasteiger partial charge on any atom is 0.166 e. The van der Waals surface area contributed by atoms with Gasteiger partial charge in [0.15, 0.2) is 5.82 Å². The molecular weight excluding hydrogens is 216 g/mol. The van der Waals surface area contributed by atoms with E-state index in [-0.39, 0.29) is 0 Å². The third-order valence-electron chi connectivity index (χ3n) is 2.35. The highest BCUT2D eigenvalue weighted by Gasteiger charge is 2.06. The van der Waals surface area contributed by atoms with E-state index in [2.05, 4.69) is 15.4 Å². The number of aromatic nitrogens is 2. The molecule has 1 aromatic carbocycles. The third kappa shape index (κ3) is 2.58. The summed E-state index contributed by atoms with van der Waals surface area (Å²) in [4.78, 5) is 8.39. The number of benzene rings is 1. The van der Waals surface area contributed by atoms with E-state index in [1.165, 1.54) is 0 Å². The Kier molecular flexibility index (Phi) is 3.64. The number of nitrogens with one attached hydrogen (secondary N) is 1. The van der Waals surface area contributed by atoms with Crippen molar-refractivity contribution in [2.75, 3.05) is 12.5 Å². The summed E-state index contributed by atoms with van der Waals surface area (Å²) in [6.45, 7) is 0.569. The van der Waals surface area contributed by atoms with Gasteiger partial charge in [-0.15, -0.1) is 0 Å². The van der Waals surface area contributed by atoms with Gasteiger partial charge in [-0.1, -0.05) is 18.2 Å². The summed E-state index contributed by atoms with van der Waals surface area (Å²) in [5.74, 6) is 5.96. The van der Waals surface area contributed by atoms with Crippen molar-refractivity contribution in [2.45, 2.75) is 6.61 Å². The first-order chi connectivity index (χ1) is 8.35. The summed E-state index contributed by atoms with van der Waals surface area (Å²) in [6, 6.07) is 7.93. The normalized spacial score (nSPS) is 10.2. The van der Waals surface area contributed by atoms with Gasteiger partial charge >= 0.3 is 0 Å². The number of nitrogens with zero attached hydrogens (tertiary/aromatic N) is 2. The Bertz CT molecular complexity index is 501. The van der Waals surface area contributed by atoms with Crippen LogP contribution in [0.1, 0.15) is 5.56 Å². The molecule has 1 aromatic heterocycles. The van der Waals surface area contributed by atoms with Gasteiger partial charge in [0.05, 0.1) is 6.61 Å². The van der Waals surface area contributed by atoms with Gasteiger partial charge in [0.1, 0.15) is 5.69 Å². The molecule has 1 heterocycles. The van der Waals surface area contributed by atoms with E-state index in [0.717, 1.165) is 16.8 Å². The Morgan fingerprint density at radius 3 is 2.88 bits per heavy atom. The molecule has 0 unspecified atom stereocenters. The molecule has 5 nitrogen and oxygen atoms in total. The fraction of sp³-hybridized carbons (Fsp3) is 0.167. The lowest BCUT2D eigenvalue weighted by molar-refractivity contribution is 0.185. The summed E-state index contributed by atoms with van der Waals surface area (Å²) < 4.78 is 5.10. The molecule has 0 aliphatic carbocycles. The predicted molar refractivity (Wildman–Crippen MR) is 66.0 cm³/mol. The minimum absolute atomic E-state index is 0.557. The van der Waals surface area contributed by atoms with Gasteiger partial charge in [-0.05, 0) is 11.6 Å². The highest BCUT2D eigenvalue weighted by Crippen LogP contribution is 2.23. The molecule has 0 fully saturated rings. The number of anilines is 1. The van der Waals surface area contributed by atoms with Crippen LogP contribution in [0.2, 0.25) is 0 Å². The van der Waals surface area contributed by atoms with Crippen LogP contribution in [-0.2, 0) is 11.3 Å². The van der Waals surface area contributed by atoms with Crippen LogP contribution in [-0.4, -0.2) is 17.1 Å². The molecule has 5 heteroatoms. The molecule has 2 aromatic rings. The maximum absolute atomic E-state index is 5.41. The molecule has 0 saturated carbocycles. The minimum atomic E-state index is 0.557. The lowest BCUT2D eigenvalue weighted by Gasteiger charge is -2.07. The van der Waals surface area contributed by atoms with Gasteiger partial charge < -0.3 is 10.2 Å². The average Bonchev–Trinajstić information content (AvgIpc) is 2.39. The van der Waals surface area contributed by atoms with Crippen molar-refractivity contribution in [3.8, 4) is 11.3 Å². The van der Waals surface area contributed by atoms with Crippen LogP contribution in [0.25, 0.3) is 11.3 Å². The molecule has 2 rings (SSSR count). The van der Waals surface area contributed by atoms with Crippen molar-refractivity contribution < 1.29 is 4.74 Å². The molecule has 0 amide bonds. The third-order valence-corrected chi connectivity index (χ3v) is 2.35. The second kappa shape index (κ2) is 5.38.